The van der Waals surface area contributed by atoms with Crippen LogP contribution in [0.1, 0.15) is 57.6 Å². The van der Waals surface area contributed by atoms with Gasteiger partial charge in [0.1, 0.15) is 0 Å². The van der Waals surface area contributed by atoms with E-state index in [1.54, 1.807) is 0 Å². The van der Waals surface area contributed by atoms with Crippen molar-refractivity contribution < 1.29 is 0 Å². The van der Waals surface area contributed by atoms with Crippen molar-refractivity contribution in [2.45, 2.75) is 58.5 Å². The maximum Gasteiger partial charge on any atom is 0.0403 e. The summed E-state index contributed by atoms with van der Waals surface area (Å²) in [6.07, 6.45) is 2.42. The van der Waals surface area contributed by atoms with E-state index in [0.717, 1.165) is 13.1 Å². The maximum absolute atomic E-state index is 3.49. The average molecular weight is 260 g/mol. The minimum atomic E-state index is 0.258. The molecule has 2 heteroatoms. The Labute approximate surface area is 118 Å². The molecule has 2 rings (SSSR count). The number of rotatable bonds is 4. The van der Waals surface area contributed by atoms with Crippen LogP contribution in [-0.2, 0) is 6.54 Å². The van der Waals surface area contributed by atoms with Crippen molar-refractivity contribution in [3.8, 4) is 0 Å². The molecule has 1 aliphatic heterocycles. The molecule has 1 aromatic rings. The van der Waals surface area contributed by atoms with E-state index in [2.05, 4.69) is 63.2 Å². The smallest absolute Gasteiger partial charge is 0.0403 e. The summed E-state index contributed by atoms with van der Waals surface area (Å²) in [6.45, 7) is 11.3. The zero-order valence-corrected chi connectivity index (χ0v) is 13.1. The summed E-state index contributed by atoms with van der Waals surface area (Å²) in [5.41, 5.74) is 4.58. The molecular formula is C17H28N2. The van der Waals surface area contributed by atoms with Crippen LogP contribution in [0, 0.1) is 0 Å². The molecule has 1 atom stereocenters. The van der Waals surface area contributed by atoms with Crippen LogP contribution in [0.4, 0.5) is 5.69 Å². The fourth-order valence-corrected chi connectivity index (χ4v) is 3.15. The van der Waals surface area contributed by atoms with Crippen LogP contribution in [0.2, 0.25) is 0 Å². The molecule has 0 radical (unpaired) electrons. The highest BCUT2D eigenvalue weighted by Crippen LogP contribution is 2.42. The van der Waals surface area contributed by atoms with Gasteiger partial charge in [-0.1, -0.05) is 26.0 Å². The van der Waals surface area contributed by atoms with Crippen LogP contribution in [0.15, 0.2) is 18.2 Å². The van der Waals surface area contributed by atoms with Gasteiger partial charge in [-0.15, -0.1) is 0 Å². The Kier molecular flexibility index (Phi) is 4.19. The normalized spacial score (nSPS) is 21.3. The predicted molar refractivity (Wildman–Crippen MR) is 84.0 cm³/mol. The highest BCUT2D eigenvalue weighted by molar-refractivity contribution is 5.60. The van der Waals surface area contributed by atoms with Gasteiger partial charge in [0.05, 0.1) is 0 Å². The minimum Gasteiger partial charge on any atom is -0.369 e. The molecule has 0 saturated carbocycles. The molecule has 0 aromatic heterocycles. The topological polar surface area (TPSA) is 15.3 Å². The van der Waals surface area contributed by atoms with Crippen molar-refractivity contribution in [2.24, 2.45) is 0 Å². The predicted octanol–water partition coefficient (Wildman–Crippen LogP) is 3.91. The fourth-order valence-electron chi connectivity index (χ4n) is 3.15. The van der Waals surface area contributed by atoms with Crippen molar-refractivity contribution in [1.29, 1.82) is 0 Å². The van der Waals surface area contributed by atoms with E-state index in [0.29, 0.717) is 5.92 Å². The van der Waals surface area contributed by atoms with Crippen molar-refractivity contribution >= 4 is 5.69 Å². The van der Waals surface area contributed by atoms with Crippen molar-refractivity contribution in [3.05, 3.63) is 29.3 Å². The third-order valence-corrected chi connectivity index (χ3v) is 4.45. The zero-order valence-electron chi connectivity index (χ0n) is 13.1. The lowest BCUT2D eigenvalue weighted by Crippen LogP contribution is -2.45. The molecule has 19 heavy (non-hydrogen) atoms. The number of hydrogen-bond acceptors (Lipinski definition) is 2. The van der Waals surface area contributed by atoms with Gasteiger partial charge in [0, 0.05) is 24.8 Å². The first-order valence-electron chi connectivity index (χ1n) is 7.53. The van der Waals surface area contributed by atoms with Crippen LogP contribution in [0.5, 0.6) is 0 Å². The summed E-state index contributed by atoms with van der Waals surface area (Å²) in [4.78, 5) is 2.44. The molecule has 1 heterocycles. The molecule has 0 amide bonds. The van der Waals surface area contributed by atoms with Gasteiger partial charge in [0.2, 0.25) is 0 Å². The van der Waals surface area contributed by atoms with Crippen LogP contribution in [0.25, 0.3) is 0 Å². The summed E-state index contributed by atoms with van der Waals surface area (Å²) in [6, 6.07) is 6.97. The highest BCUT2D eigenvalue weighted by atomic mass is 15.2. The van der Waals surface area contributed by atoms with Gasteiger partial charge in [0.25, 0.3) is 0 Å². The van der Waals surface area contributed by atoms with Gasteiger partial charge in [-0.3, -0.25) is 0 Å². The molecule has 1 N–H and O–H groups in total. The van der Waals surface area contributed by atoms with Crippen molar-refractivity contribution in [1.82, 2.24) is 5.32 Å². The lowest BCUT2D eigenvalue weighted by molar-refractivity contribution is 0.395. The SMILES string of the molecule is CCCNCc1ccc2c(c1)[C@@H](C)CC(C)(C)N2C. The number of hydrogen-bond donors (Lipinski definition) is 1. The fraction of sp³-hybridized carbons (Fsp3) is 0.647. The molecule has 0 saturated heterocycles. The summed E-state index contributed by atoms with van der Waals surface area (Å²) >= 11 is 0. The Hall–Kier alpha value is -1.02. The Morgan fingerprint density at radius 1 is 1.37 bits per heavy atom. The minimum absolute atomic E-state index is 0.258. The van der Waals surface area contributed by atoms with Crippen molar-refractivity contribution in [3.63, 3.8) is 0 Å². The number of benzene rings is 1. The number of fused-ring (bicyclic) bond motifs is 1. The third-order valence-electron chi connectivity index (χ3n) is 4.45. The Morgan fingerprint density at radius 3 is 2.79 bits per heavy atom. The van der Waals surface area contributed by atoms with E-state index in [1.165, 1.54) is 29.7 Å². The molecular weight excluding hydrogens is 232 g/mol. The number of nitrogens with one attached hydrogen (secondary N) is 1. The van der Waals surface area contributed by atoms with Crippen molar-refractivity contribution in [2.75, 3.05) is 18.5 Å². The molecule has 0 unspecified atom stereocenters. The lowest BCUT2D eigenvalue weighted by Gasteiger charge is -2.45. The first kappa shape index (κ1) is 14.4. The number of nitrogens with zero attached hydrogens (tertiary/aromatic N) is 1. The second-order valence-electron chi connectivity index (χ2n) is 6.55. The van der Waals surface area contributed by atoms with Gasteiger partial charge in [-0.25, -0.2) is 0 Å². The van der Waals surface area contributed by atoms with Crippen LogP contribution >= 0.6 is 0 Å². The molecule has 0 fully saturated rings. The first-order chi connectivity index (χ1) is 8.95. The summed E-state index contributed by atoms with van der Waals surface area (Å²) in [5.74, 6) is 0.646. The maximum atomic E-state index is 3.49. The summed E-state index contributed by atoms with van der Waals surface area (Å²) < 4.78 is 0. The van der Waals surface area contributed by atoms with E-state index in [1.807, 2.05) is 0 Å². The van der Waals surface area contributed by atoms with Crippen LogP contribution in [-0.4, -0.2) is 19.1 Å². The standard InChI is InChI=1S/C17H28N2/c1-6-9-18-12-14-7-8-16-15(10-14)13(2)11-17(3,4)19(16)5/h7-8,10,13,18H,6,9,11-12H2,1-5H3/t13-/m0/s1. The monoisotopic (exact) mass is 260 g/mol. The summed E-state index contributed by atoms with van der Waals surface area (Å²) in [7, 11) is 2.22. The van der Waals surface area contributed by atoms with E-state index in [4.69, 9.17) is 0 Å². The Morgan fingerprint density at radius 2 is 2.11 bits per heavy atom. The van der Waals surface area contributed by atoms with E-state index in [-0.39, 0.29) is 5.54 Å². The molecule has 0 bridgehead atoms. The number of anilines is 1. The largest absolute Gasteiger partial charge is 0.369 e. The van der Waals surface area contributed by atoms with Gasteiger partial charge in [-0.05, 0) is 56.3 Å². The molecule has 1 aromatic carbocycles. The highest BCUT2D eigenvalue weighted by Gasteiger charge is 2.33. The third kappa shape index (κ3) is 2.94. The second-order valence-corrected chi connectivity index (χ2v) is 6.55. The first-order valence-corrected chi connectivity index (χ1v) is 7.53. The van der Waals surface area contributed by atoms with E-state index < -0.39 is 0 Å². The quantitative estimate of drug-likeness (QED) is 0.826. The van der Waals surface area contributed by atoms with Gasteiger partial charge < -0.3 is 10.2 Å². The van der Waals surface area contributed by atoms with E-state index in [9.17, 15) is 0 Å². The molecule has 1 aliphatic rings. The second kappa shape index (κ2) is 5.54. The molecule has 0 aliphatic carbocycles. The van der Waals surface area contributed by atoms with Gasteiger partial charge >= 0.3 is 0 Å². The Bertz CT molecular complexity index is 437. The molecule has 0 spiro atoms. The van der Waals surface area contributed by atoms with Crippen LogP contribution < -0.4 is 10.2 Å². The van der Waals surface area contributed by atoms with E-state index >= 15 is 0 Å². The molecule has 2 nitrogen and oxygen atoms in total. The van der Waals surface area contributed by atoms with Crippen LogP contribution in [0.3, 0.4) is 0 Å². The lowest BCUT2D eigenvalue weighted by atomic mass is 9.80. The average Bonchev–Trinajstić information content (AvgIpc) is 2.36. The summed E-state index contributed by atoms with van der Waals surface area (Å²) in [5, 5.41) is 3.49. The zero-order chi connectivity index (χ0) is 14.0. The van der Waals surface area contributed by atoms with Gasteiger partial charge in [0.15, 0.2) is 0 Å². The molecule has 106 valence electrons. The Balaban J connectivity index is 2.23. The van der Waals surface area contributed by atoms with Gasteiger partial charge in [-0.2, -0.15) is 0 Å².